The van der Waals surface area contributed by atoms with Crippen LogP contribution < -0.4 is 42.0 Å². The third kappa shape index (κ3) is 49.0. The summed E-state index contributed by atoms with van der Waals surface area (Å²) in [6.45, 7) is 12.7. The van der Waals surface area contributed by atoms with Crippen molar-refractivity contribution in [2.45, 2.75) is 349 Å². The molecular formula is C95H143F5N10O36. The van der Waals surface area contributed by atoms with Gasteiger partial charge in [-0.05, 0) is 51.4 Å². The van der Waals surface area contributed by atoms with E-state index in [9.17, 15) is 103 Å². The van der Waals surface area contributed by atoms with Crippen molar-refractivity contribution in [2.24, 2.45) is 5.41 Å². The largest absolute Gasteiger partial charge is 0.463 e. The Morgan fingerprint density at radius 3 is 0.938 bits per heavy atom. The quantitative estimate of drug-likeness (QED) is 0.00834. The Morgan fingerprint density at radius 2 is 0.623 bits per heavy atom. The van der Waals surface area contributed by atoms with Crippen LogP contribution in [0.1, 0.15) is 249 Å². The lowest BCUT2D eigenvalue weighted by Crippen LogP contribution is -2.66. The third-order valence-electron chi connectivity index (χ3n) is 22.4. The highest BCUT2D eigenvalue weighted by molar-refractivity contribution is 5.79. The molecule has 46 nitrogen and oxygen atoms in total. The summed E-state index contributed by atoms with van der Waals surface area (Å²) < 4.78 is 179. The highest BCUT2D eigenvalue weighted by atomic mass is 19.2. The van der Waals surface area contributed by atoms with Gasteiger partial charge < -0.3 is 127 Å². The number of unbranched alkanes of at least 4 members (excludes halogenated alkanes) is 16. The van der Waals surface area contributed by atoms with E-state index >= 15 is 0 Å². The fourth-order valence-corrected chi connectivity index (χ4v) is 15.8. The standard InChI is InChI=1S/C95H143F5N10O36/c1-56(111)105-82-89(140-65(10)120)85(137-62(7)117)69(49-134-59(4)114)143-92(82)131-41-30-22-19-27-38-101-73(124)35-44-128-53-95(52-110-48-68(108-109-110)47-104-72(123)33-25-17-15-13-14-16-18-26-34-76(127)146-88-80(99)78(97)77(96)79(98)81(88)100,54-129-45-36-74(125)102-39-28-20-23-31-42-132-93-83(106-57(2)112)90(141-66(11)121)86(138-63(8)118)70(144-93)50-135-60(5)115)55-130-46-37-75(126)103-40-29-21-24-32-43-133-94-84(107-58(3)113)91(142-67(12)122)87(139-64(9)119)71(145-94)51-136-61(6)116/h48,69-71,82-87,89-94H,13-47,49-55H2,1-12H3,(H,101,124)(H,102,125)(H,103,126)(H,104,123)(H,105,111)(H,106,112)(H,107,113)/t69?,70?,71?,82?,83?,84?,85-,86-,87-,89?,90?,91?,92+,93+,94+,95?/m0/s1. The maximum absolute atomic E-state index is 14.0. The van der Waals surface area contributed by atoms with E-state index in [2.05, 4.69) is 52.3 Å². The van der Waals surface area contributed by atoms with Gasteiger partial charge >= 0.3 is 59.7 Å². The summed E-state index contributed by atoms with van der Waals surface area (Å²) in [4.78, 5) is 212. The zero-order valence-corrected chi connectivity index (χ0v) is 84.9. The van der Waals surface area contributed by atoms with E-state index in [0.29, 0.717) is 108 Å². The first-order chi connectivity index (χ1) is 69.5. The van der Waals surface area contributed by atoms with Crippen LogP contribution in [0.5, 0.6) is 5.75 Å². The van der Waals surface area contributed by atoms with Crippen molar-refractivity contribution in [1.29, 1.82) is 0 Å². The molecule has 3 saturated heterocycles. The molecule has 5 rings (SSSR count). The van der Waals surface area contributed by atoms with Gasteiger partial charge in [0.05, 0.1) is 64.3 Å². The molecule has 0 aliphatic carbocycles. The zero-order chi connectivity index (χ0) is 108. The Balaban J connectivity index is 1.25. The third-order valence-corrected chi connectivity index (χ3v) is 22.4. The number of halogens is 5. The van der Waals surface area contributed by atoms with Gasteiger partial charge in [0.2, 0.25) is 76.2 Å². The van der Waals surface area contributed by atoms with E-state index in [-0.39, 0.29) is 154 Å². The summed E-state index contributed by atoms with van der Waals surface area (Å²) >= 11 is 0. The molecule has 15 atom stereocenters. The summed E-state index contributed by atoms with van der Waals surface area (Å²) in [5.41, 5.74) is -0.866. The first kappa shape index (κ1) is 125. The molecule has 4 heterocycles. The molecule has 0 spiro atoms. The van der Waals surface area contributed by atoms with Crippen LogP contribution in [0.25, 0.3) is 0 Å². The van der Waals surface area contributed by atoms with Gasteiger partial charge in [0.1, 0.15) is 62.0 Å². The lowest BCUT2D eigenvalue weighted by Gasteiger charge is -2.44. The molecule has 3 aliphatic rings. The molecule has 824 valence electrons. The van der Waals surface area contributed by atoms with Crippen LogP contribution in [-0.4, -0.2) is 307 Å². The van der Waals surface area contributed by atoms with E-state index in [1.807, 2.05) is 0 Å². The van der Waals surface area contributed by atoms with Crippen LogP contribution in [0.3, 0.4) is 0 Å². The van der Waals surface area contributed by atoms with E-state index in [1.165, 1.54) is 25.5 Å². The van der Waals surface area contributed by atoms with E-state index in [0.717, 1.165) is 81.6 Å². The van der Waals surface area contributed by atoms with Crippen molar-refractivity contribution in [3.8, 4) is 5.75 Å². The summed E-state index contributed by atoms with van der Waals surface area (Å²) in [5, 5.41) is 28.2. The molecule has 7 N–H and O–H groups in total. The number of hydrogen-bond donors (Lipinski definition) is 7. The lowest BCUT2D eigenvalue weighted by atomic mass is 9.90. The number of esters is 10. The van der Waals surface area contributed by atoms with Crippen LogP contribution >= 0.6 is 0 Å². The van der Waals surface area contributed by atoms with E-state index < -0.39 is 229 Å². The van der Waals surface area contributed by atoms with Crippen LogP contribution in [0.4, 0.5) is 22.0 Å². The second-order valence-corrected chi connectivity index (χ2v) is 35.4. The Kier molecular flexibility index (Phi) is 58.5. The van der Waals surface area contributed by atoms with Crippen molar-refractivity contribution in [3.05, 3.63) is 41.0 Å². The predicted octanol–water partition coefficient (Wildman–Crippen LogP) is 5.35. The minimum Gasteiger partial charge on any atom is -0.463 e. The number of benzene rings is 1. The van der Waals surface area contributed by atoms with Crippen molar-refractivity contribution < 1.29 is 193 Å². The van der Waals surface area contributed by atoms with Crippen LogP contribution in [0, 0.1) is 34.5 Å². The van der Waals surface area contributed by atoms with Gasteiger partial charge in [-0.1, -0.05) is 82.3 Å². The van der Waals surface area contributed by atoms with Gasteiger partial charge in [-0.15, -0.1) is 5.10 Å². The highest BCUT2D eigenvalue weighted by Crippen LogP contribution is 2.35. The van der Waals surface area contributed by atoms with E-state index in [4.69, 9.17) is 85.3 Å². The zero-order valence-electron chi connectivity index (χ0n) is 84.9. The summed E-state index contributed by atoms with van der Waals surface area (Å²) in [6.07, 6.45) is -2.62. The van der Waals surface area contributed by atoms with Crippen molar-refractivity contribution in [2.75, 3.05) is 98.9 Å². The number of ether oxygens (including phenoxy) is 19. The molecule has 1 aromatic heterocycles. The van der Waals surface area contributed by atoms with Gasteiger partial charge in [0, 0.05) is 155 Å². The number of nitrogens with zero attached hydrogens (tertiary/aromatic N) is 3. The van der Waals surface area contributed by atoms with Crippen LogP contribution in [0.2, 0.25) is 0 Å². The molecule has 3 aliphatic heterocycles. The fourth-order valence-electron chi connectivity index (χ4n) is 15.8. The Morgan fingerprint density at radius 1 is 0.336 bits per heavy atom. The molecule has 2 aromatic rings. The number of rotatable bonds is 70. The SMILES string of the molecule is CC(=O)NC1C(OC(C)=O)[C@@H](OC(C)=O)C(COC(C)=O)O[C@H]1OCCCCCCNC(=O)CCOCC(COCCC(=O)NCCCCCCO[C@@H]1OC(COC(C)=O)[C@H](OC(C)=O)C(OC(C)=O)C1NC(C)=O)(COCCC(=O)NCCCCCCO[C@@H]1OC(COC(C)=O)[C@H](OC(C)=O)C(OC(C)=O)C1NC(C)=O)Cn1cc(CNC(=O)CCCCCCCCCCC(=O)Oc2c(F)c(F)c(F)c(F)c2F)nn1. The van der Waals surface area contributed by atoms with Crippen LogP contribution in [0.15, 0.2) is 6.20 Å². The normalized spacial score (nSPS) is 21.0. The maximum Gasteiger partial charge on any atom is 0.311 e. The van der Waals surface area contributed by atoms with Crippen LogP contribution in [-0.2, 0) is 180 Å². The molecule has 0 bridgehead atoms. The molecule has 9 unspecified atom stereocenters. The first-order valence-electron chi connectivity index (χ1n) is 48.9. The second-order valence-electron chi connectivity index (χ2n) is 35.4. The average molecular weight is 2100 g/mol. The topological polar surface area (TPSA) is 580 Å². The maximum atomic E-state index is 14.0. The average Bonchev–Trinajstić information content (AvgIpc) is 1.31. The van der Waals surface area contributed by atoms with Gasteiger partial charge in [-0.25, -0.2) is 13.2 Å². The van der Waals surface area contributed by atoms with Crippen molar-refractivity contribution in [3.63, 3.8) is 0 Å². The van der Waals surface area contributed by atoms with Crippen molar-refractivity contribution >= 4 is 101 Å². The fraction of sp³-hybridized carbons (Fsp3) is 0.737. The predicted molar refractivity (Wildman–Crippen MR) is 493 cm³/mol. The molecule has 0 saturated carbocycles. The molecule has 1 aromatic carbocycles. The second kappa shape index (κ2) is 68.2. The number of nitrogens with one attached hydrogen (secondary N) is 7. The number of amides is 7. The smallest absolute Gasteiger partial charge is 0.311 e. The molecular weight excluding hydrogens is 1950 g/mol. The molecule has 51 heteroatoms. The number of aromatic nitrogens is 3. The number of hydrogen-bond acceptors (Lipinski definition) is 38. The minimum atomic E-state index is -2.38. The highest BCUT2D eigenvalue weighted by Gasteiger charge is 2.55. The van der Waals surface area contributed by atoms with Gasteiger partial charge in [0.15, 0.2) is 55.5 Å². The van der Waals surface area contributed by atoms with Crippen molar-refractivity contribution in [1.82, 2.24) is 52.2 Å². The number of carbonyl (C=O) groups excluding carboxylic acids is 17. The summed E-state index contributed by atoms with van der Waals surface area (Å²) in [5.74, 6) is -23.8. The number of carbonyl (C=O) groups is 17. The summed E-state index contributed by atoms with van der Waals surface area (Å²) in [7, 11) is 0. The monoisotopic (exact) mass is 2090 g/mol. The van der Waals surface area contributed by atoms with E-state index in [1.54, 1.807) is 6.20 Å². The molecule has 7 amide bonds. The Labute approximate surface area is 843 Å². The lowest BCUT2D eigenvalue weighted by molar-refractivity contribution is -0.277. The Hall–Kier alpha value is -11.4. The molecule has 146 heavy (non-hydrogen) atoms. The minimum absolute atomic E-state index is 0.0373. The summed E-state index contributed by atoms with van der Waals surface area (Å²) in [6, 6.07) is -3.47. The first-order valence-corrected chi connectivity index (χ1v) is 48.9. The van der Waals surface area contributed by atoms with Gasteiger partial charge in [0.25, 0.3) is 0 Å². The molecule has 3 fully saturated rings. The molecule has 0 radical (unpaired) electrons. The van der Waals surface area contributed by atoms with Gasteiger partial charge in [-0.3, -0.25) is 86.2 Å². The Bertz CT molecular complexity index is 4190. The van der Waals surface area contributed by atoms with Gasteiger partial charge in [-0.2, -0.15) is 8.78 Å².